The number of nitrogens with one attached hydrogen (secondary N) is 1. The molecule has 0 fully saturated rings. The van der Waals surface area contributed by atoms with E-state index in [9.17, 15) is 0 Å². The molecule has 1 heterocycles. The van der Waals surface area contributed by atoms with Crippen molar-refractivity contribution < 1.29 is 0 Å². The van der Waals surface area contributed by atoms with Gasteiger partial charge in [0, 0.05) is 11.3 Å². The van der Waals surface area contributed by atoms with Crippen molar-refractivity contribution in [3.8, 4) is 0 Å². The molecule has 0 bridgehead atoms. The van der Waals surface area contributed by atoms with Gasteiger partial charge in [-0.2, -0.15) is 5.10 Å². The molecule has 0 atom stereocenters. The van der Waals surface area contributed by atoms with E-state index in [1.54, 1.807) is 0 Å². The molecule has 86 valence electrons. The number of nitrogen functional groups attached to an aromatic ring is 1. The molecule has 0 aliphatic heterocycles. The highest BCUT2D eigenvalue weighted by molar-refractivity contribution is 5.44. The average molecular weight is 209 g/mol. The lowest BCUT2D eigenvalue weighted by Gasteiger charge is -2.22. The van der Waals surface area contributed by atoms with Crippen molar-refractivity contribution in [1.82, 2.24) is 10.2 Å². The molecule has 1 aromatic heterocycles. The Kier molecular flexibility index (Phi) is 3.42. The van der Waals surface area contributed by atoms with E-state index in [-0.39, 0.29) is 0 Å². The first-order chi connectivity index (χ1) is 6.87. The lowest BCUT2D eigenvalue weighted by molar-refractivity contribution is 0.344. The third-order valence-corrected chi connectivity index (χ3v) is 3.10. The van der Waals surface area contributed by atoms with E-state index in [0.717, 1.165) is 12.8 Å². The second kappa shape index (κ2) is 4.25. The molecular formula is C12H23N3. The van der Waals surface area contributed by atoms with Gasteiger partial charge in [-0.25, -0.2) is 0 Å². The molecule has 0 saturated heterocycles. The van der Waals surface area contributed by atoms with Crippen LogP contribution in [-0.4, -0.2) is 10.2 Å². The summed E-state index contributed by atoms with van der Waals surface area (Å²) in [5.74, 6) is 1.10. The molecule has 0 aliphatic carbocycles. The highest BCUT2D eigenvalue weighted by Gasteiger charge is 2.21. The number of aromatic nitrogens is 2. The Balaban J connectivity index is 2.95. The number of hydrogen-bond acceptors (Lipinski definition) is 2. The minimum absolute atomic E-state index is 0.308. The molecule has 0 aromatic carbocycles. The molecule has 3 nitrogen and oxygen atoms in total. The zero-order chi connectivity index (χ0) is 11.6. The number of rotatable bonds is 4. The van der Waals surface area contributed by atoms with Crippen LogP contribution in [0.3, 0.4) is 0 Å². The van der Waals surface area contributed by atoms with Crippen molar-refractivity contribution in [1.29, 1.82) is 0 Å². The molecule has 0 radical (unpaired) electrons. The van der Waals surface area contributed by atoms with Crippen LogP contribution in [0.5, 0.6) is 0 Å². The number of nitrogens with two attached hydrogens (primary N) is 1. The molecule has 0 amide bonds. The molecule has 1 rings (SSSR count). The van der Waals surface area contributed by atoms with Gasteiger partial charge in [-0.15, -0.1) is 0 Å². The Morgan fingerprint density at radius 3 is 2.47 bits per heavy atom. The van der Waals surface area contributed by atoms with Crippen molar-refractivity contribution in [3.63, 3.8) is 0 Å². The van der Waals surface area contributed by atoms with Crippen molar-refractivity contribution in [2.45, 2.75) is 53.4 Å². The number of hydrogen-bond donors (Lipinski definition) is 2. The Bertz CT molecular complexity index is 324. The van der Waals surface area contributed by atoms with Gasteiger partial charge >= 0.3 is 0 Å². The van der Waals surface area contributed by atoms with E-state index in [1.165, 1.54) is 11.3 Å². The van der Waals surface area contributed by atoms with Crippen molar-refractivity contribution in [3.05, 3.63) is 11.3 Å². The first-order valence-electron chi connectivity index (χ1n) is 5.70. The molecule has 3 heteroatoms. The topological polar surface area (TPSA) is 54.7 Å². The highest BCUT2D eigenvalue weighted by Crippen LogP contribution is 2.31. The summed E-state index contributed by atoms with van der Waals surface area (Å²) in [5.41, 5.74) is 8.56. The third-order valence-electron chi connectivity index (χ3n) is 3.10. The third kappa shape index (κ3) is 2.74. The smallest absolute Gasteiger partial charge is 0.148 e. The maximum absolute atomic E-state index is 5.86. The van der Waals surface area contributed by atoms with Gasteiger partial charge in [-0.05, 0) is 17.8 Å². The zero-order valence-corrected chi connectivity index (χ0v) is 10.5. The Morgan fingerprint density at radius 1 is 1.40 bits per heavy atom. The predicted octanol–water partition coefficient (Wildman–Crippen LogP) is 3.09. The lowest BCUT2D eigenvalue weighted by atomic mass is 9.83. The average Bonchev–Trinajstić information content (AvgIpc) is 2.46. The quantitative estimate of drug-likeness (QED) is 0.800. The number of aromatic amines is 1. The first kappa shape index (κ1) is 12.1. The standard InChI is InChI=1S/C12H23N3/c1-6-12(4,5)7-9-10(8(2)3)11(13)15-14-9/h8H,6-7H2,1-5H3,(H3,13,14,15). The van der Waals surface area contributed by atoms with Gasteiger partial charge in [0.15, 0.2) is 0 Å². The summed E-state index contributed by atoms with van der Waals surface area (Å²) in [6.07, 6.45) is 2.17. The predicted molar refractivity (Wildman–Crippen MR) is 64.9 cm³/mol. The van der Waals surface area contributed by atoms with E-state index in [4.69, 9.17) is 5.73 Å². The summed E-state index contributed by atoms with van der Waals surface area (Å²) < 4.78 is 0. The van der Waals surface area contributed by atoms with Crippen molar-refractivity contribution in [2.75, 3.05) is 5.73 Å². The molecule has 0 saturated carbocycles. The van der Waals surface area contributed by atoms with Gasteiger partial charge in [0.1, 0.15) is 5.82 Å². The van der Waals surface area contributed by atoms with Crippen LogP contribution in [0.15, 0.2) is 0 Å². The Morgan fingerprint density at radius 2 is 2.00 bits per heavy atom. The molecule has 1 aromatic rings. The van der Waals surface area contributed by atoms with Gasteiger partial charge in [-0.1, -0.05) is 41.0 Å². The number of anilines is 1. The van der Waals surface area contributed by atoms with E-state index in [0.29, 0.717) is 17.2 Å². The molecule has 3 N–H and O–H groups in total. The van der Waals surface area contributed by atoms with Crippen molar-refractivity contribution in [2.24, 2.45) is 5.41 Å². The van der Waals surface area contributed by atoms with Crippen LogP contribution in [-0.2, 0) is 6.42 Å². The molecule has 0 aliphatic rings. The van der Waals surface area contributed by atoms with Gasteiger partial charge in [-0.3, -0.25) is 5.10 Å². The molecule has 0 spiro atoms. The van der Waals surface area contributed by atoms with E-state index >= 15 is 0 Å². The fourth-order valence-electron chi connectivity index (χ4n) is 1.79. The SMILES string of the molecule is CCC(C)(C)Cc1[nH]nc(N)c1C(C)C. The van der Waals surface area contributed by atoms with Crippen LogP contribution in [0.2, 0.25) is 0 Å². The first-order valence-corrected chi connectivity index (χ1v) is 5.70. The van der Waals surface area contributed by atoms with Crippen LogP contribution in [0.4, 0.5) is 5.82 Å². The minimum Gasteiger partial charge on any atom is -0.382 e. The normalized spacial score (nSPS) is 12.4. The minimum atomic E-state index is 0.308. The molecule has 0 unspecified atom stereocenters. The molecule has 15 heavy (non-hydrogen) atoms. The van der Waals surface area contributed by atoms with Gasteiger partial charge < -0.3 is 5.73 Å². The maximum atomic E-state index is 5.86. The van der Waals surface area contributed by atoms with Crippen LogP contribution >= 0.6 is 0 Å². The van der Waals surface area contributed by atoms with Crippen LogP contribution < -0.4 is 5.73 Å². The Hall–Kier alpha value is -0.990. The maximum Gasteiger partial charge on any atom is 0.148 e. The number of H-pyrrole nitrogens is 1. The second-order valence-electron chi connectivity index (χ2n) is 5.35. The van der Waals surface area contributed by atoms with Gasteiger partial charge in [0.05, 0.1) is 0 Å². The zero-order valence-electron chi connectivity index (χ0n) is 10.5. The fraction of sp³-hybridized carbons (Fsp3) is 0.750. The summed E-state index contributed by atoms with van der Waals surface area (Å²) in [6.45, 7) is 11.1. The van der Waals surface area contributed by atoms with Crippen LogP contribution in [0, 0.1) is 5.41 Å². The monoisotopic (exact) mass is 209 g/mol. The summed E-state index contributed by atoms with van der Waals surface area (Å²) in [5, 5.41) is 7.18. The fourth-order valence-corrected chi connectivity index (χ4v) is 1.79. The summed E-state index contributed by atoms with van der Waals surface area (Å²) >= 11 is 0. The van der Waals surface area contributed by atoms with E-state index in [2.05, 4.69) is 44.8 Å². The van der Waals surface area contributed by atoms with Crippen LogP contribution in [0.25, 0.3) is 0 Å². The van der Waals surface area contributed by atoms with Gasteiger partial charge in [0.25, 0.3) is 0 Å². The highest BCUT2D eigenvalue weighted by atomic mass is 15.2. The van der Waals surface area contributed by atoms with E-state index < -0.39 is 0 Å². The van der Waals surface area contributed by atoms with Crippen molar-refractivity contribution >= 4 is 5.82 Å². The second-order valence-corrected chi connectivity index (χ2v) is 5.35. The molecular weight excluding hydrogens is 186 g/mol. The summed E-state index contributed by atoms with van der Waals surface area (Å²) in [4.78, 5) is 0. The lowest BCUT2D eigenvalue weighted by Crippen LogP contribution is -2.15. The van der Waals surface area contributed by atoms with E-state index in [1.807, 2.05) is 0 Å². The summed E-state index contributed by atoms with van der Waals surface area (Å²) in [7, 11) is 0. The number of nitrogens with zero attached hydrogens (tertiary/aromatic N) is 1. The van der Waals surface area contributed by atoms with Crippen LogP contribution in [0.1, 0.15) is 58.2 Å². The Labute approximate surface area is 92.5 Å². The largest absolute Gasteiger partial charge is 0.382 e. The summed E-state index contributed by atoms with van der Waals surface area (Å²) in [6, 6.07) is 0. The van der Waals surface area contributed by atoms with Gasteiger partial charge in [0.2, 0.25) is 0 Å².